The molecule has 1 aromatic carbocycles. The highest BCUT2D eigenvalue weighted by Crippen LogP contribution is 2.22. The van der Waals surface area contributed by atoms with E-state index in [1.54, 1.807) is 18.2 Å². The molecule has 1 N–H and O–H groups in total. The molecule has 0 aliphatic heterocycles. The van der Waals surface area contributed by atoms with Crippen molar-refractivity contribution in [3.63, 3.8) is 0 Å². The first-order valence-electron chi connectivity index (χ1n) is 4.10. The van der Waals surface area contributed by atoms with Gasteiger partial charge in [-0.3, -0.25) is 5.32 Å². The van der Waals surface area contributed by atoms with E-state index in [0.717, 1.165) is 0 Å². The fourth-order valence-electron chi connectivity index (χ4n) is 0.909. The fraction of sp³-hybridized carbons (Fsp3) is 0.100. The Bertz CT molecular complexity index is 434. The summed E-state index contributed by atoms with van der Waals surface area (Å²) in [5.74, 6) is 2.59. The molecule has 16 heavy (non-hydrogen) atoms. The number of amides is 1. The van der Waals surface area contributed by atoms with Crippen LogP contribution < -0.4 is 5.32 Å². The molecule has 0 fully saturated rings. The normalized spacial score (nSPS) is 8.94. The quantitative estimate of drug-likeness (QED) is 0.633. The lowest BCUT2D eigenvalue weighted by Crippen LogP contribution is -2.13. The predicted molar refractivity (Wildman–Crippen MR) is 73.2 cm³/mol. The van der Waals surface area contributed by atoms with Crippen molar-refractivity contribution in [2.75, 3.05) is 11.9 Å². The van der Waals surface area contributed by atoms with Crippen LogP contribution in [0.3, 0.4) is 0 Å². The summed E-state index contributed by atoms with van der Waals surface area (Å²) in [6, 6.07) is 4.71. The van der Waals surface area contributed by atoms with Crippen molar-refractivity contribution >= 4 is 57.6 Å². The monoisotopic (exact) mass is 369 g/mol. The maximum Gasteiger partial charge on any atom is 0.412 e. The highest BCUT2D eigenvalue weighted by atomic mass is 127. The molecule has 0 spiro atoms. The third-order valence-corrected chi connectivity index (χ3v) is 2.27. The lowest BCUT2D eigenvalue weighted by atomic mass is 10.3. The Hall–Kier alpha value is -0.640. The number of halogens is 3. The number of nitrogens with one attached hydrogen (secondary N) is 1. The number of carbonyl (C=O) groups excluding carboxylic acids is 1. The van der Waals surface area contributed by atoms with Crippen molar-refractivity contribution in [1.82, 2.24) is 0 Å². The fourth-order valence-corrected chi connectivity index (χ4v) is 1.59. The Morgan fingerprint density at radius 3 is 2.56 bits per heavy atom. The molecule has 0 aromatic heterocycles. The summed E-state index contributed by atoms with van der Waals surface area (Å²) in [4.78, 5) is 11.2. The zero-order chi connectivity index (χ0) is 12.0. The second-order valence-electron chi connectivity index (χ2n) is 2.63. The van der Waals surface area contributed by atoms with Crippen LogP contribution in [0.25, 0.3) is 0 Å². The first kappa shape index (κ1) is 13.4. The summed E-state index contributed by atoms with van der Waals surface area (Å²) in [5.41, 5.74) is 0.477. The molecule has 0 bridgehead atoms. The molecule has 0 aliphatic carbocycles. The van der Waals surface area contributed by atoms with E-state index in [9.17, 15) is 4.79 Å². The van der Waals surface area contributed by atoms with Gasteiger partial charge in [-0.15, -0.1) is 0 Å². The lowest BCUT2D eigenvalue weighted by Gasteiger charge is -2.05. The Kier molecular flexibility index (Phi) is 5.74. The van der Waals surface area contributed by atoms with E-state index in [2.05, 4.69) is 15.2 Å². The van der Waals surface area contributed by atoms with Crippen LogP contribution in [-0.4, -0.2) is 12.7 Å². The van der Waals surface area contributed by atoms with Gasteiger partial charge < -0.3 is 4.74 Å². The summed E-state index contributed by atoms with van der Waals surface area (Å²) in [7, 11) is 0. The highest BCUT2D eigenvalue weighted by Gasteiger charge is 2.03. The van der Waals surface area contributed by atoms with Crippen LogP contribution in [0.2, 0.25) is 10.0 Å². The first-order valence-corrected chi connectivity index (χ1v) is 5.93. The van der Waals surface area contributed by atoms with Crippen molar-refractivity contribution in [3.05, 3.63) is 28.2 Å². The minimum absolute atomic E-state index is 0.0447. The van der Waals surface area contributed by atoms with Gasteiger partial charge in [-0.1, -0.05) is 29.1 Å². The zero-order valence-corrected chi connectivity index (χ0v) is 11.6. The zero-order valence-electron chi connectivity index (χ0n) is 7.89. The third-order valence-electron chi connectivity index (χ3n) is 1.45. The maximum absolute atomic E-state index is 11.2. The average molecular weight is 370 g/mol. The van der Waals surface area contributed by atoms with E-state index in [-0.39, 0.29) is 6.61 Å². The summed E-state index contributed by atoms with van der Waals surface area (Å²) in [6.07, 6.45) is -0.600. The van der Waals surface area contributed by atoms with E-state index in [1.165, 1.54) is 0 Å². The predicted octanol–water partition coefficient (Wildman–Crippen LogP) is 3.94. The summed E-state index contributed by atoms with van der Waals surface area (Å²) in [6.45, 7) is 0.0447. The molecule has 3 nitrogen and oxygen atoms in total. The molecule has 0 aliphatic rings. The molecule has 0 saturated carbocycles. The number of hydrogen-bond acceptors (Lipinski definition) is 2. The van der Waals surface area contributed by atoms with Crippen molar-refractivity contribution in [3.8, 4) is 9.85 Å². The van der Waals surface area contributed by atoms with Crippen molar-refractivity contribution in [2.24, 2.45) is 0 Å². The van der Waals surface area contributed by atoms with E-state index in [4.69, 9.17) is 27.9 Å². The maximum atomic E-state index is 11.2. The van der Waals surface area contributed by atoms with Gasteiger partial charge in [0.2, 0.25) is 0 Å². The van der Waals surface area contributed by atoms with Crippen LogP contribution in [0.4, 0.5) is 10.5 Å². The molecule has 0 saturated heterocycles. The molecule has 1 aromatic rings. The molecular formula is C10H6Cl2INO2. The third kappa shape index (κ3) is 4.92. The Balaban J connectivity index is 2.57. The van der Waals surface area contributed by atoms with Gasteiger partial charge in [0.1, 0.15) is 0 Å². The van der Waals surface area contributed by atoms with Crippen LogP contribution in [0.15, 0.2) is 18.2 Å². The molecule has 1 amide bonds. The van der Waals surface area contributed by atoms with E-state index < -0.39 is 6.09 Å². The molecule has 1 rings (SSSR count). The second kappa shape index (κ2) is 6.84. The van der Waals surface area contributed by atoms with Gasteiger partial charge in [0.05, 0.1) is 0 Å². The largest absolute Gasteiger partial charge is 0.436 e. The standard InChI is InChI=1S/C10H6Cl2INO2/c11-7-4-8(12)6-9(5-7)14-10(15)16-3-1-2-13/h4-6H,3H2,(H,14,15). The number of carbonyl (C=O) groups is 1. The Morgan fingerprint density at radius 1 is 1.38 bits per heavy atom. The van der Waals surface area contributed by atoms with Gasteiger partial charge >= 0.3 is 6.09 Å². The van der Waals surface area contributed by atoms with Crippen molar-refractivity contribution < 1.29 is 9.53 Å². The number of anilines is 1. The number of ether oxygens (including phenoxy) is 1. The van der Waals surface area contributed by atoms with Gasteiger partial charge in [0.25, 0.3) is 0 Å². The smallest absolute Gasteiger partial charge is 0.412 e. The number of hydrogen-bond donors (Lipinski definition) is 1. The molecule has 0 radical (unpaired) electrons. The lowest BCUT2D eigenvalue weighted by molar-refractivity contribution is 0.176. The van der Waals surface area contributed by atoms with Crippen molar-refractivity contribution in [2.45, 2.75) is 0 Å². The Morgan fingerprint density at radius 2 is 2.00 bits per heavy atom. The highest BCUT2D eigenvalue weighted by molar-refractivity contribution is 14.1. The SMILES string of the molecule is O=C(Nc1cc(Cl)cc(Cl)c1)OCC#CI. The second-order valence-corrected chi connectivity index (χ2v) is 4.04. The van der Waals surface area contributed by atoms with Crippen LogP contribution in [0, 0.1) is 9.85 Å². The first-order chi connectivity index (χ1) is 7.61. The number of rotatable bonds is 2. The Labute approximate surface area is 117 Å². The van der Waals surface area contributed by atoms with E-state index in [1.807, 2.05) is 22.6 Å². The van der Waals surface area contributed by atoms with Crippen LogP contribution in [0.5, 0.6) is 0 Å². The van der Waals surface area contributed by atoms with E-state index >= 15 is 0 Å². The molecule has 84 valence electrons. The van der Waals surface area contributed by atoms with Crippen LogP contribution >= 0.6 is 45.8 Å². The minimum atomic E-state index is -0.600. The van der Waals surface area contributed by atoms with Gasteiger partial charge in [-0.05, 0) is 22.1 Å². The molecule has 0 unspecified atom stereocenters. The van der Waals surface area contributed by atoms with Gasteiger partial charge in [0, 0.05) is 38.3 Å². The van der Waals surface area contributed by atoms with Gasteiger partial charge in [-0.25, -0.2) is 4.79 Å². The summed E-state index contributed by atoms with van der Waals surface area (Å²) in [5, 5.41) is 3.36. The van der Waals surface area contributed by atoms with Crippen molar-refractivity contribution in [1.29, 1.82) is 0 Å². The molecule has 6 heteroatoms. The van der Waals surface area contributed by atoms with E-state index in [0.29, 0.717) is 15.7 Å². The molecular weight excluding hydrogens is 364 g/mol. The minimum Gasteiger partial charge on any atom is -0.436 e. The number of benzene rings is 1. The van der Waals surface area contributed by atoms with Crippen LogP contribution in [0.1, 0.15) is 0 Å². The molecule has 0 heterocycles. The van der Waals surface area contributed by atoms with Crippen LogP contribution in [-0.2, 0) is 4.74 Å². The topological polar surface area (TPSA) is 38.3 Å². The van der Waals surface area contributed by atoms with Gasteiger partial charge in [-0.2, -0.15) is 0 Å². The molecule has 0 atom stereocenters. The summed E-state index contributed by atoms with van der Waals surface area (Å²) >= 11 is 13.4. The van der Waals surface area contributed by atoms with Gasteiger partial charge in [0.15, 0.2) is 6.61 Å². The summed E-state index contributed by atoms with van der Waals surface area (Å²) < 4.78 is 7.33. The average Bonchev–Trinajstić information content (AvgIpc) is 2.16.